The van der Waals surface area contributed by atoms with Crippen LogP contribution >= 0.6 is 0 Å². The molecule has 0 bridgehead atoms. The molecule has 1 aliphatic heterocycles. The third-order valence-electron chi connectivity index (χ3n) is 12.7. The predicted octanol–water partition coefficient (Wildman–Crippen LogP) is 4.52. The van der Waals surface area contributed by atoms with Crippen molar-refractivity contribution in [1.82, 2.24) is 35.6 Å². The molecule has 1 aromatic heterocycles. The highest BCUT2D eigenvalue weighted by Gasteiger charge is 2.39. The van der Waals surface area contributed by atoms with Gasteiger partial charge < -0.3 is 45.7 Å². The number of aliphatic carboxylic acids is 1. The van der Waals surface area contributed by atoms with Crippen molar-refractivity contribution in [3.8, 4) is 11.1 Å². The Morgan fingerprint density at radius 1 is 0.769 bits per heavy atom. The molecular formula is C56H65F2N7O13. The van der Waals surface area contributed by atoms with E-state index in [4.69, 9.17) is 4.74 Å². The molecule has 78 heavy (non-hydrogen) atoms. The van der Waals surface area contributed by atoms with Gasteiger partial charge in [0.1, 0.15) is 36.9 Å². The number of nitrogens with zero attached hydrogens (tertiary/aromatic N) is 3. The van der Waals surface area contributed by atoms with E-state index >= 15 is 4.39 Å². The van der Waals surface area contributed by atoms with Gasteiger partial charge in [0.25, 0.3) is 11.8 Å². The van der Waals surface area contributed by atoms with Crippen LogP contribution in [0.3, 0.4) is 0 Å². The molecule has 5 atom stereocenters. The van der Waals surface area contributed by atoms with Crippen molar-refractivity contribution in [2.45, 2.75) is 104 Å². The quantitative estimate of drug-likeness (QED) is 0.0338. The number of ether oxygens (including phenoxy) is 1. The summed E-state index contributed by atoms with van der Waals surface area (Å²) in [5.74, 6) is -10.3. The molecule has 3 aromatic carbocycles. The lowest BCUT2D eigenvalue weighted by atomic mass is 9.82. The minimum Gasteiger partial charge on any atom is -0.481 e. The Morgan fingerprint density at radius 3 is 2.01 bits per heavy atom. The number of carbonyl (C=O) groups is 10. The van der Waals surface area contributed by atoms with Crippen LogP contribution in [0.2, 0.25) is 0 Å². The van der Waals surface area contributed by atoms with Gasteiger partial charge in [-0.25, -0.2) is 13.6 Å². The Kier molecular flexibility index (Phi) is 21.8. The molecule has 20 nitrogen and oxygen atoms in total. The fraction of sp³-hybridized carbons (Fsp3) is 0.393. The lowest BCUT2D eigenvalue weighted by Gasteiger charge is -2.41. The number of hydrogen-bond donors (Lipinski definition) is 6. The zero-order chi connectivity index (χ0) is 57.3. The average Bonchev–Trinajstić information content (AvgIpc) is 3.96. The second-order valence-corrected chi connectivity index (χ2v) is 19.9. The molecular weight excluding hydrogens is 1020 g/mol. The van der Waals surface area contributed by atoms with Crippen molar-refractivity contribution in [2.75, 3.05) is 26.2 Å². The zero-order valence-corrected chi connectivity index (χ0v) is 44.0. The fourth-order valence-corrected chi connectivity index (χ4v) is 8.66. The van der Waals surface area contributed by atoms with Crippen LogP contribution in [0, 0.1) is 23.0 Å². The molecule has 0 saturated carbocycles. The normalized spacial score (nSPS) is 14.1. The third kappa shape index (κ3) is 17.6. The van der Waals surface area contributed by atoms with Gasteiger partial charge in [0.15, 0.2) is 11.6 Å². The Balaban J connectivity index is 1.39. The summed E-state index contributed by atoms with van der Waals surface area (Å²) in [4.78, 5) is 132. The second-order valence-electron chi connectivity index (χ2n) is 19.9. The molecule has 0 fully saturated rings. The first kappa shape index (κ1) is 60.5. The Labute approximate surface area is 449 Å². The summed E-state index contributed by atoms with van der Waals surface area (Å²) in [5, 5.41) is 30.2. The number of halogens is 2. The molecule has 0 unspecified atom stereocenters. The van der Waals surface area contributed by atoms with Gasteiger partial charge in [0.05, 0.1) is 25.0 Å². The Morgan fingerprint density at radius 2 is 1.40 bits per heavy atom. The first-order chi connectivity index (χ1) is 36.9. The number of imide groups is 1. The van der Waals surface area contributed by atoms with Crippen LogP contribution in [0.4, 0.5) is 13.6 Å². The third-order valence-corrected chi connectivity index (χ3v) is 12.7. The van der Waals surface area contributed by atoms with Crippen LogP contribution in [0.1, 0.15) is 89.6 Å². The number of ketones is 2. The summed E-state index contributed by atoms with van der Waals surface area (Å²) in [7, 11) is 0. The highest BCUT2D eigenvalue weighted by molar-refractivity contribution is 6.14. The molecule has 416 valence electrons. The number of Topliss-reactive ketones (excluding diaryl/α,β-unsaturated/α-hetero) is 2. The molecule has 7 amide bonds. The van der Waals surface area contributed by atoms with Crippen molar-refractivity contribution in [3.05, 3.63) is 132 Å². The summed E-state index contributed by atoms with van der Waals surface area (Å²) in [6.45, 7) is 6.12. The topological polar surface area (TPSA) is 280 Å². The minimum absolute atomic E-state index is 0.0000700. The summed E-state index contributed by atoms with van der Waals surface area (Å²) >= 11 is 0. The molecule has 0 spiro atoms. The Bertz CT molecular complexity index is 2850. The average molecular weight is 1080 g/mol. The van der Waals surface area contributed by atoms with E-state index in [0.717, 1.165) is 40.8 Å². The predicted molar refractivity (Wildman–Crippen MR) is 278 cm³/mol. The number of carboxylic acids is 1. The monoisotopic (exact) mass is 1080 g/mol. The van der Waals surface area contributed by atoms with E-state index in [2.05, 4.69) is 21.3 Å². The molecule has 4 aromatic rings. The highest BCUT2D eigenvalue weighted by Crippen LogP contribution is 2.41. The van der Waals surface area contributed by atoms with E-state index in [1.54, 1.807) is 67.9 Å². The van der Waals surface area contributed by atoms with E-state index in [-0.39, 0.29) is 50.2 Å². The fourth-order valence-electron chi connectivity index (χ4n) is 8.66. The number of amides is 7. The van der Waals surface area contributed by atoms with Crippen molar-refractivity contribution < 1.29 is 71.7 Å². The van der Waals surface area contributed by atoms with Gasteiger partial charge in [-0.2, -0.15) is 0 Å². The minimum atomic E-state index is -1.84. The lowest BCUT2D eigenvalue weighted by Crippen LogP contribution is -2.56. The molecule has 0 aliphatic carbocycles. The molecule has 5 rings (SSSR count). The van der Waals surface area contributed by atoms with Crippen LogP contribution < -0.4 is 21.3 Å². The number of carbonyl (C=O) groups excluding carboxylic acids is 9. The van der Waals surface area contributed by atoms with Gasteiger partial charge in [-0.05, 0) is 60.6 Å². The van der Waals surface area contributed by atoms with Crippen molar-refractivity contribution in [1.29, 1.82) is 0 Å². The van der Waals surface area contributed by atoms with Crippen LogP contribution in [0.15, 0.2) is 103 Å². The number of aromatic nitrogens is 1. The number of hydrogen-bond acceptors (Lipinski definition) is 12. The molecule has 1 aliphatic rings. The maximum absolute atomic E-state index is 15.4. The second kappa shape index (κ2) is 28.1. The highest BCUT2D eigenvalue weighted by atomic mass is 19.1. The standard InChI is InChI=1S/C56H65F2N7O13/c1-34(25-46(68)35(2)60-55(77)78-33-37-15-10-7-11-16-37)52(74)62-44(28-50(72)73)54(76)61-43(53(75)59-23-12-17-40(67)31-65-47(69)20-21-48(65)70)22-24-64(49(71)32-66)51(56(3,4)5)45-26-38(41-27-39(57)18-19-42(41)58)30-63(45)29-36-13-8-6-9-14-36/h6-11,13-16,18-21,26-27,30,34-35,43-44,51,66H,12,17,22-25,28-29,31-33H2,1-5H3,(H,59,75)(H,60,77)(H,61,76)(H,62,74)(H,72,73)/t34-,35+,43+,44+,51+/m1/s1. The molecule has 0 saturated heterocycles. The summed E-state index contributed by atoms with van der Waals surface area (Å²) < 4.78 is 36.9. The van der Waals surface area contributed by atoms with Crippen LogP contribution in [-0.4, -0.2) is 128 Å². The maximum Gasteiger partial charge on any atom is 0.408 e. The number of carboxylic acid groups (broad SMARTS) is 1. The van der Waals surface area contributed by atoms with E-state index in [0.29, 0.717) is 11.3 Å². The lowest BCUT2D eigenvalue weighted by molar-refractivity contribution is -0.142. The number of aliphatic hydroxyl groups is 1. The number of rotatable bonds is 28. The van der Waals surface area contributed by atoms with Gasteiger partial charge in [0.2, 0.25) is 23.6 Å². The van der Waals surface area contributed by atoms with E-state index in [1.807, 2.05) is 30.3 Å². The maximum atomic E-state index is 15.4. The van der Waals surface area contributed by atoms with Gasteiger partial charge in [-0.3, -0.25) is 48.1 Å². The first-order valence-electron chi connectivity index (χ1n) is 25.2. The van der Waals surface area contributed by atoms with Crippen LogP contribution in [-0.2, 0) is 61.0 Å². The van der Waals surface area contributed by atoms with Crippen molar-refractivity contribution in [3.63, 3.8) is 0 Å². The summed E-state index contributed by atoms with van der Waals surface area (Å²) in [6.07, 6.45) is 0.712. The van der Waals surface area contributed by atoms with Crippen LogP contribution in [0.25, 0.3) is 11.1 Å². The summed E-state index contributed by atoms with van der Waals surface area (Å²) in [5.41, 5.74) is 1.21. The SMILES string of the molecule is C[C@H](CC(=O)[C@H](C)NC(=O)OCc1ccccc1)C(=O)N[C@@H](CC(=O)O)C(=O)N[C@@H](CCN(C(=O)CO)[C@@H](c1cc(-c2cc(F)ccc2F)cn1Cc1ccccc1)C(C)(C)C)C(=O)NCCCC(=O)CN1C(=O)C=CC1=O. The molecule has 22 heteroatoms. The number of alkyl carbamates (subject to hydrolysis) is 1. The van der Waals surface area contributed by atoms with E-state index in [9.17, 15) is 62.5 Å². The largest absolute Gasteiger partial charge is 0.481 e. The first-order valence-corrected chi connectivity index (χ1v) is 25.2. The Hall–Kier alpha value is -8.40. The smallest absolute Gasteiger partial charge is 0.408 e. The molecule has 2 heterocycles. The number of aliphatic hydroxyl groups excluding tert-OH is 1. The number of nitrogens with one attached hydrogen (secondary N) is 4. The van der Waals surface area contributed by atoms with Crippen molar-refractivity contribution >= 4 is 59.1 Å². The van der Waals surface area contributed by atoms with E-state index in [1.165, 1.54) is 18.7 Å². The van der Waals surface area contributed by atoms with E-state index < -0.39 is 139 Å². The molecule has 6 N–H and O–H groups in total. The number of benzene rings is 3. The van der Waals surface area contributed by atoms with Crippen molar-refractivity contribution in [2.24, 2.45) is 11.3 Å². The summed E-state index contributed by atoms with van der Waals surface area (Å²) in [6, 6.07) is 16.9. The molecule has 0 radical (unpaired) electrons. The zero-order valence-electron chi connectivity index (χ0n) is 44.0. The van der Waals surface area contributed by atoms with Crippen LogP contribution in [0.5, 0.6) is 0 Å². The van der Waals surface area contributed by atoms with Gasteiger partial charge >= 0.3 is 12.1 Å². The van der Waals surface area contributed by atoms with Gasteiger partial charge in [-0.15, -0.1) is 0 Å². The van der Waals surface area contributed by atoms with Gasteiger partial charge in [0, 0.05) is 73.6 Å². The van der Waals surface area contributed by atoms with Gasteiger partial charge in [-0.1, -0.05) is 88.4 Å².